The number of thioether (sulfide) groups is 1. The Labute approximate surface area is 261 Å². The molecule has 43 heavy (non-hydrogen) atoms. The number of carbonyl (C=O) groups is 1. The van der Waals surface area contributed by atoms with Crippen molar-refractivity contribution < 1.29 is 31.6 Å². The number of sulfone groups is 1. The number of anilines is 1. The summed E-state index contributed by atoms with van der Waals surface area (Å²) in [6, 6.07) is 13.7. The number of amides is 1. The summed E-state index contributed by atoms with van der Waals surface area (Å²) >= 11 is 2.37. The molecular formula is C29H38N3O7PS3. The highest BCUT2D eigenvalue weighted by Gasteiger charge is 2.27. The van der Waals surface area contributed by atoms with Gasteiger partial charge >= 0.3 is 13.7 Å². The SMILES string of the molecule is CCOP(=O)(CNc1ccc(-c2cccc(S(=O)(=O)c3cc(C(=N)NC(=O)OC(C)(C)C)sc3SC)c2)c(C)c1)OCC. The number of carbonyl (C=O) groups excluding carboxylic acids is 1. The fourth-order valence-electron chi connectivity index (χ4n) is 4.04. The molecule has 1 amide bonds. The number of aryl methyl sites for hydroxylation is 1. The topological polar surface area (TPSA) is 144 Å². The quantitative estimate of drug-likeness (QED) is 0.0764. The summed E-state index contributed by atoms with van der Waals surface area (Å²) in [4.78, 5) is 12.6. The summed E-state index contributed by atoms with van der Waals surface area (Å²) < 4.78 is 56.8. The number of ether oxygens (including phenoxy) is 1. The summed E-state index contributed by atoms with van der Waals surface area (Å²) in [6.07, 6.45) is 0.992. The van der Waals surface area contributed by atoms with Gasteiger partial charge in [-0.2, -0.15) is 0 Å². The van der Waals surface area contributed by atoms with Crippen LogP contribution in [0.1, 0.15) is 45.1 Å². The number of benzene rings is 2. The Hall–Kier alpha value is -2.67. The Morgan fingerprint density at radius 2 is 1.74 bits per heavy atom. The van der Waals surface area contributed by atoms with E-state index < -0.39 is 29.1 Å². The molecule has 2 aromatic carbocycles. The molecule has 1 heterocycles. The van der Waals surface area contributed by atoms with Gasteiger partial charge < -0.3 is 19.1 Å². The molecule has 0 aliphatic carbocycles. The van der Waals surface area contributed by atoms with Crippen molar-refractivity contribution in [2.45, 2.75) is 61.1 Å². The van der Waals surface area contributed by atoms with Crippen molar-refractivity contribution >= 4 is 58.1 Å². The van der Waals surface area contributed by atoms with E-state index in [1.807, 2.05) is 31.2 Å². The third kappa shape index (κ3) is 9.17. The first-order chi connectivity index (χ1) is 20.1. The molecule has 0 saturated carbocycles. The molecular weight excluding hydrogens is 630 g/mol. The van der Waals surface area contributed by atoms with Gasteiger partial charge in [0, 0.05) is 5.69 Å². The molecule has 234 valence electrons. The van der Waals surface area contributed by atoms with Crippen LogP contribution in [0.25, 0.3) is 11.1 Å². The molecule has 3 aromatic rings. The Balaban J connectivity index is 1.87. The maximum absolute atomic E-state index is 13.8. The molecule has 10 nitrogen and oxygen atoms in total. The molecule has 1 aromatic heterocycles. The van der Waals surface area contributed by atoms with Crippen molar-refractivity contribution in [1.29, 1.82) is 5.41 Å². The first kappa shape index (κ1) is 34.8. The van der Waals surface area contributed by atoms with Gasteiger partial charge in [-0.15, -0.1) is 23.1 Å². The largest absolute Gasteiger partial charge is 0.444 e. The summed E-state index contributed by atoms with van der Waals surface area (Å²) in [6.45, 7) is 11.1. The lowest BCUT2D eigenvalue weighted by Crippen LogP contribution is -2.36. The summed E-state index contributed by atoms with van der Waals surface area (Å²) in [5.41, 5.74) is 2.41. The van der Waals surface area contributed by atoms with E-state index in [4.69, 9.17) is 19.2 Å². The van der Waals surface area contributed by atoms with E-state index >= 15 is 0 Å². The lowest BCUT2D eigenvalue weighted by Gasteiger charge is -2.19. The number of hydrogen-bond donors (Lipinski definition) is 3. The monoisotopic (exact) mass is 667 g/mol. The average Bonchev–Trinajstić information content (AvgIpc) is 3.37. The summed E-state index contributed by atoms with van der Waals surface area (Å²) in [5.74, 6) is -0.243. The Morgan fingerprint density at radius 1 is 1.07 bits per heavy atom. The number of alkyl carbamates (subject to hydrolysis) is 1. The van der Waals surface area contributed by atoms with Crippen LogP contribution in [-0.4, -0.2) is 51.7 Å². The van der Waals surface area contributed by atoms with Gasteiger partial charge in [0.15, 0.2) is 0 Å². The van der Waals surface area contributed by atoms with Gasteiger partial charge in [0.05, 0.1) is 32.1 Å². The third-order valence-corrected chi connectivity index (χ3v) is 12.0. The summed E-state index contributed by atoms with van der Waals surface area (Å²) in [5, 5.41) is 13.8. The van der Waals surface area contributed by atoms with E-state index in [1.165, 1.54) is 23.9 Å². The van der Waals surface area contributed by atoms with Gasteiger partial charge in [0.25, 0.3) is 0 Å². The molecule has 3 N–H and O–H groups in total. The molecule has 0 atom stereocenters. The number of nitrogens with one attached hydrogen (secondary N) is 3. The maximum atomic E-state index is 13.8. The van der Waals surface area contributed by atoms with Crippen molar-refractivity contribution in [3.63, 3.8) is 0 Å². The van der Waals surface area contributed by atoms with Gasteiger partial charge in [0.2, 0.25) is 9.84 Å². The van der Waals surface area contributed by atoms with Crippen LogP contribution in [0.2, 0.25) is 0 Å². The zero-order chi connectivity index (χ0) is 32.0. The van der Waals surface area contributed by atoms with Crippen LogP contribution in [-0.2, 0) is 28.2 Å². The van der Waals surface area contributed by atoms with Crippen molar-refractivity contribution in [1.82, 2.24) is 5.32 Å². The average molecular weight is 668 g/mol. The Morgan fingerprint density at radius 3 is 2.33 bits per heavy atom. The van der Waals surface area contributed by atoms with E-state index in [0.717, 1.165) is 28.2 Å². The lowest BCUT2D eigenvalue weighted by atomic mass is 10.00. The molecule has 0 aliphatic heterocycles. The van der Waals surface area contributed by atoms with Crippen LogP contribution >= 0.6 is 30.7 Å². The zero-order valence-electron chi connectivity index (χ0n) is 25.3. The Kier molecular flexibility index (Phi) is 11.7. The van der Waals surface area contributed by atoms with Gasteiger partial charge in [-0.3, -0.25) is 15.3 Å². The molecule has 0 spiro atoms. The first-order valence-corrected chi connectivity index (χ1v) is 18.7. The molecule has 0 aliphatic rings. The molecule has 0 fully saturated rings. The normalized spacial score (nSPS) is 12.2. The minimum absolute atomic E-state index is 0.0202. The van der Waals surface area contributed by atoms with Gasteiger partial charge in [0.1, 0.15) is 17.7 Å². The second kappa shape index (κ2) is 14.4. The molecule has 3 rings (SSSR count). The van der Waals surface area contributed by atoms with Gasteiger partial charge in [-0.05, 0) is 94.8 Å². The van der Waals surface area contributed by atoms with Crippen LogP contribution in [0.4, 0.5) is 10.5 Å². The third-order valence-electron chi connectivity index (χ3n) is 5.82. The fourth-order valence-corrected chi connectivity index (χ4v) is 9.41. The van der Waals surface area contributed by atoms with Crippen LogP contribution < -0.4 is 10.6 Å². The minimum Gasteiger partial charge on any atom is -0.444 e. The second-order valence-corrected chi connectivity index (χ2v) is 16.4. The van der Waals surface area contributed by atoms with E-state index in [-0.39, 0.29) is 35.1 Å². The predicted molar refractivity (Wildman–Crippen MR) is 174 cm³/mol. The number of rotatable bonds is 12. The van der Waals surface area contributed by atoms with Crippen LogP contribution in [0.3, 0.4) is 0 Å². The van der Waals surface area contributed by atoms with Crippen molar-refractivity contribution in [3.05, 3.63) is 59.0 Å². The van der Waals surface area contributed by atoms with Crippen molar-refractivity contribution in [2.24, 2.45) is 0 Å². The van der Waals surface area contributed by atoms with Crippen molar-refractivity contribution in [3.8, 4) is 11.1 Å². The Bertz CT molecular complexity index is 1620. The molecule has 0 saturated heterocycles. The molecule has 14 heteroatoms. The van der Waals surface area contributed by atoms with Crippen LogP contribution in [0.15, 0.2) is 62.5 Å². The number of hydrogen-bond acceptors (Lipinski definition) is 11. The highest BCUT2D eigenvalue weighted by Crippen LogP contribution is 2.47. The van der Waals surface area contributed by atoms with E-state index in [0.29, 0.717) is 14.6 Å². The van der Waals surface area contributed by atoms with E-state index in [2.05, 4.69) is 10.6 Å². The molecule has 0 unspecified atom stereocenters. The summed E-state index contributed by atoms with van der Waals surface area (Å²) in [7, 11) is -7.23. The van der Waals surface area contributed by atoms with Gasteiger partial charge in [-0.1, -0.05) is 18.2 Å². The number of amidine groups is 1. The lowest BCUT2D eigenvalue weighted by molar-refractivity contribution is 0.0563. The van der Waals surface area contributed by atoms with Crippen molar-refractivity contribution in [2.75, 3.05) is 31.1 Å². The zero-order valence-corrected chi connectivity index (χ0v) is 28.6. The molecule has 0 bridgehead atoms. The highest BCUT2D eigenvalue weighted by atomic mass is 32.2. The standard InChI is InChI=1S/C29H38N3O7PS3/c1-8-37-40(34,38-9-2)18-31-21-13-14-23(19(3)15-21)20-11-10-12-22(16-20)43(35,36)25-17-24(42-27(25)41-7)26(30)32-28(33)39-29(4,5)6/h10-17,31H,8-9,18H2,1-7H3,(H2,30,32,33). The highest BCUT2D eigenvalue weighted by molar-refractivity contribution is 8.01. The number of thiophene rings is 1. The maximum Gasteiger partial charge on any atom is 0.413 e. The smallest absolute Gasteiger partial charge is 0.413 e. The predicted octanol–water partition coefficient (Wildman–Crippen LogP) is 7.76. The van der Waals surface area contributed by atoms with E-state index in [1.54, 1.807) is 53.0 Å². The van der Waals surface area contributed by atoms with E-state index in [9.17, 15) is 17.8 Å². The fraction of sp³-hybridized carbons (Fsp3) is 0.379. The second-order valence-electron chi connectivity index (χ2n) is 10.3. The van der Waals surface area contributed by atoms with Crippen LogP contribution in [0, 0.1) is 12.3 Å². The van der Waals surface area contributed by atoms with Crippen LogP contribution in [0.5, 0.6) is 0 Å². The molecule has 0 radical (unpaired) electrons. The minimum atomic E-state index is -3.96. The first-order valence-electron chi connectivity index (χ1n) is 13.5. The van der Waals surface area contributed by atoms with Gasteiger partial charge in [-0.25, -0.2) is 13.2 Å².